The molecule has 0 spiro atoms. The van der Waals surface area contributed by atoms with Crippen LogP contribution in [-0.4, -0.2) is 30.1 Å². The van der Waals surface area contributed by atoms with Crippen LogP contribution < -0.4 is 10.6 Å². The molecule has 0 radical (unpaired) electrons. The van der Waals surface area contributed by atoms with Crippen LogP contribution in [0.1, 0.15) is 46.0 Å². The smallest absolute Gasteiger partial charge is 0.321 e. The van der Waals surface area contributed by atoms with Crippen molar-refractivity contribution in [2.75, 3.05) is 0 Å². The highest BCUT2D eigenvalue weighted by molar-refractivity contribution is 5.97. The molecule has 1 aliphatic rings. The van der Waals surface area contributed by atoms with E-state index in [2.05, 4.69) is 15.4 Å². The Morgan fingerprint density at radius 3 is 2.33 bits per heavy atom. The number of carbonyl (C=O) groups is 3. The number of hydrogen-bond acceptors (Lipinski definition) is 4. The van der Waals surface area contributed by atoms with Gasteiger partial charge in [0.2, 0.25) is 0 Å². The molecule has 0 bridgehead atoms. The minimum Gasteiger partial charge on any atom is -0.453 e. The molecule has 18 heavy (non-hydrogen) atoms. The topological polar surface area (TPSA) is 84.5 Å². The third-order valence-electron chi connectivity index (χ3n) is 2.89. The summed E-state index contributed by atoms with van der Waals surface area (Å²) in [6, 6.07) is -0.388. The molecule has 0 aromatic heterocycles. The predicted molar refractivity (Wildman–Crippen MR) is 64.8 cm³/mol. The quantitative estimate of drug-likeness (QED) is 0.740. The zero-order valence-electron chi connectivity index (χ0n) is 10.8. The molecule has 6 nitrogen and oxygen atoms in total. The standard InChI is InChI=1S/C12H20N2O4/c1-8(18-9(2)15)11(16)14-12(17)13-10-6-4-3-5-7-10/h8,10H,3-7H2,1-2H3,(H2,13,14,16,17)/t8-/m1/s1. The molecular weight excluding hydrogens is 236 g/mol. The van der Waals surface area contributed by atoms with E-state index in [1.165, 1.54) is 20.3 Å². The molecule has 2 N–H and O–H groups in total. The molecule has 1 atom stereocenters. The van der Waals surface area contributed by atoms with Crippen molar-refractivity contribution < 1.29 is 19.1 Å². The largest absolute Gasteiger partial charge is 0.453 e. The summed E-state index contributed by atoms with van der Waals surface area (Å²) in [6.45, 7) is 2.64. The van der Waals surface area contributed by atoms with Gasteiger partial charge in [0.1, 0.15) is 0 Å². The Morgan fingerprint density at radius 2 is 1.78 bits per heavy atom. The van der Waals surface area contributed by atoms with E-state index in [0.717, 1.165) is 25.7 Å². The summed E-state index contributed by atoms with van der Waals surface area (Å²) in [7, 11) is 0. The first kappa shape index (κ1) is 14.5. The summed E-state index contributed by atoms with van der Waals surface area (Å²) in [6.07, 6.45) is 4.33. The zero-order valence-corrected chi connectivity index (χ0v) is 10.8. The number of ether oxygens (including phenoxy) is 1. The molecule has 102 valence electrons. The van der Waals surface area contributed by atoms with Gasteiger partial charge in [0.15, 0.2) is 6.10 Å². The molecule has 0 aliphatic heterocycles. The van der Waals surface area contributed by atoms with Crippen LogP contribution in [0.2, 0.25) is 0 Å². The monoisotopic (exact) mass is 256 g/mol. The van der Waals surface area contributed by atoms with E-state index in [4.69, 9.17) is 0 Å². The van der Waals surface area contributed by atoms with Crippen molar-refractivity contribution in [1.29, 1.82) is 0 Å². The number of imide groups is 1. The molecule has 0 aromatic rings. The van der Waals surface area contributed by atoms with Crippen LogP contribution in [0.15, 0.2) is 0 Å². The Morgan fingerprint density at radius 1 is 1.17 bits per heavy atom. The summed E-state index contributed by atoms with van der Waals surface area (Å²) < 4.78 is 4.67. The molecule has 0 heterocycles. The number of urea groups is 1. The van der Waals surface area contributed by atoms with Crippen LogP contribution in [0.4, 0.5) is 4.79 Å². The van der Waals surface area contributed by atoms with Gasteiger partial charge in [-0.25, -0.2) is 4.79 Å². The van der Waals surface area contributed by atoms with Crippen LogP contribution in [0, 0.1) is 0 Å². The van der Waals surface area contributed by atoms with E-state index >= 15 is 0 Å². The van der Waals surface area contributed by atoms with Crippen molar-refractivity contribution in [3.8, 4) is 0 Å². The lowest BCUT2D eigenvalue weighted by Gasteiger charge is -2.23. The Balaban J connectivity index is 2.30. The van der Waals surface area contributed by atoms with E-state index in [1.807, 2.05) is 0 Å². The highest BCUT2D eigenvalue weighted by Crippen LogP contribution is 2.17. The molecule has 1 rings (SSSR count). The van der Waals surface area contributed by atoms with Gasteiger partial charge in [0.05, 0.1) is 0 Å². The van der Waals surface area contributed by atoms with Crippen molar-refractivity contribution in [2.45, 2.75) is 58.1 Å². The van der Waals surface area contributed by atoms with E-state index in [-0.39, 0.29) is 6.04 Å². The third kappa shape index (κ3) is 5.16. The van der Waals surface area contributed by atoms with Gasteiger partial charge in [-0.15, -0.1) is 0 Å². The van der Waals surface area contributed by atoms with E-state index in [1.54, 1.807) is 0 Å². The Labute approximate surface area is 106 Å². The molecule has 0 aromatic carbocycles. The van der Waals surface area contributed by atoms with Gasteiger partial charge in [0.25, 0.3) is 5.91 Å². The van der Waals surface area contributed by atoms with Gasteiger partial charge in [-0.2, -0.15) is 0 Å². The lowest BCUT2D eigenvalue weighted by Crippen LogP contribution is -2.48. The van der Waals surface area contributed by atoms with Crippen LogP contribution in [0.25, 0.3) is 0 Å². The molecule has 6 heteroatoms. The summed E-state index contributed by atoms with van der Waals surface area (Å²) in [5.74, 6) is -1.16. The zero-order chi connectivity index (χ0) is 13.5. The summed E-state index contributed by atoms with van der Waals surface area (Å²) in [5, 5.41) is 4.91. The molecule has 0 saturated heterocycles. The molecule has 0 unspecified atom stereocenters. The third-order valence-corrected chi connectivity index (χ3v) is 2.89. The summed E-state index contributed by atoms with van der Waals surface area (Å²) >= 11 is 0. The fourth-order valence-corrected chi connectivity index (χ4v) is 1.98. The van der Waals surface area contributed by atoms with Gasteiger partial charge in [0, 0.05) is 13.0 Å². The number of esters is 1. The fourth-order valence-electron chi connectivity index (χ4n) is 1.98. The first-order chi connectivity index (χ1) is 8.49. The maximum absolute atomic E-state index is 11.5. The van der Waals surface area contributed by atoms with Crippen molar-refractivity contribution in [2.24, 2.45) is 0 Å². The number of nitrogens with one attached hydrogen (secondary N) is 2. The maximum Gasteiger partial charge on any atom is 0.321 e. The Bertz CT molecular complexity index is 324. The van der Waals surface area contributed by atoms with E-state index in [0.29, 0.717) is 0 Å². The van der Waals surface area contributed by atoms with Gasteiger partial charge in [-0.3, -0.25) is 14.9 Å². The van der Waals surface area contributed by atoms with E-state index < -0.39 is 24.0 Å². The van der Waals surface area contributed by atoms with Crippen LogP contribution in [0.5, 0.6) is 0 Å². The van der Waals surface area contributed by atoms with Crippen LogP contribution in [-0.2, 0) is 14.3 Å². The fraction of sp³-hybridized carbons (Fsp3) is 0.750. The molecular formula is C12H20N2O4. The summed E-state index contributed by atoms with van der Waals surface area (Å²) in [5.41, 5.74) is 0. The lowest BCUT2D eigenvalue weighted by molar-refractivity contribution is -0.152. The number of carbonyl (C=O) groups excluding carboxylic acids is 3. The van der Waals surface area contributed by atoms with Gasteiger partial charge >= 0.3 is 12.0 Å². The maximum atomic E-state index is 11.5. The Kier molecular flexibility index (Phi) is 5.61. The lowest BCUT2D eigenvalue weighted by atomic mass is 9.96. The van der Waals surface area contributed by atoms with Gasteiger partial charge < -0.3 is 10.1 Å². The van der Waals surface area contributed by atoms with Crippen molar-refractivity contribution in [3.63, 3.8) is 0 Å². The van der Waals surface area contributed by atoms with Crippen molar-refractivity contribution in [1.82, 2.24) is 10.6 Å². The first-order valence-electron chi connectivity index (χ1n) is 6.27. The Hall–Kier alpha value is -1.59. The van der Waals surface area contributed by atoms with Crippen LogP contribution >= 0.6 is 0 Å². The average molecular weight is 256 g/mol. The van der Waals surface area contributed by atoms with Crippen LogP contribution in [0.3, 0.4) is 0 Å². The molecule has 1 fully saturated rings. The minimum atomic E-state index is -0.959. The molecule has 1 aliphatic carbocycles. The number of rotatable bonds is 3. The number of hydrogen-bond donors (Lipinski definition) is 2. The molecule has 3 amide bonds. The number of amides is 3. The first-order valence-corrected chi connectivity index (χ1v) is 6.27. The average Bonchev–Trinajstić information content (AvgIpc) is 2.29. The van der Waals surface area contributed by atoms with Gasteiger partial charge in [-0.1, -0.05) is 19.3 Å². The highest BCUT2D eigenvalue weighted by Gasteiger charge is 2.20. The second-order valence-corrected chi connectivity index (χ2v) is 4.55. The second-order valence-electron chi connectivity index (χ2n) is 4.55. The van der Waals surface area contributed by atoms with Crippen molar-refractivity contribution >= 4 is 17.9 Å². The normalized spacial score (nSPS) is 17.7. The minimum absolute atomic E-state index is 0.135. The second kappa shape index (κ2) is 6.98. The SMILES string of the molecule is CC(=O)O[C@H](C)C(=O)NC(=O)NC1CCCCC1. The summed E-state index contributed by atoms with van der Waals surface area (Å²) in [4.78, 5) is 33.7. The molecule has 1 saturated carbocycles. The van der Waals surface area contributed by atoms with Crippen molar-refractivity contribution in [3.05, 3.63) is 0 Å². The predicted octanol–water partition coefficient (Wildman–Crippen LogP) is 1.10. The van der Waals surface area contributed by atoms with E-state index in [9.17, 15) is 14.4 Å². The highest BCUT2D eigenvalue weighted by atomic mass is 16.5. The van der Waals surface area contributed by atoms with Gasteiger partial charge in [-0.05, 0) is 19.8 Å².